The van der Waals surface area contributed by atoms with E-state index in [1.807, 2.05) is 31.2 Å². The van der Waals surface area contributed by atoms with Gasteiger partial charge in [-0.3, -0.25) is 19.1 Å². The lowest BCUT2D eigenvalue weighted by atomic mass is 9.93. The molecule has 2 aromatic carbocycles. The highest BCUT2D eigenvalue weighted by molar-refractivity contribution is 5.94. The van der Waals surface area contributed by atoms with Gasteiger partial charge >= 0.3 is 0 Å². The maximum absolute atomic E-state index is 13.5. The first kappa shape index (κ1) is 22.2. The molecular formula is C25H24FN5O2. The topological polar surface area (TPSA) is 104 Å². The van der Waals surface area contributed by atoms with Crippen molar-refractivity contribution < 1.29 is 14.0 Å². The van der Waals surface area contributed by atoms with Crippen LogP contribution in [0.5, 0.6) is 0 Å². The molecular weight excluding hydrogens is 421 g/mol. The molecule has 2 amide bonds. The molecule has 168 valence electrons. The van der Waals surface area contributed by atoms with Crippen molar-refractivity contribution in [3.63, 3.8) is 0 Å². The molecule has 0 unspecified atom stereocenters. The lowest BCUT2D eigenvalue weighted by Gasteiger charge is -2.34. The van der Waals surface area contributed by atoms with Gasteiger partial charge in [0.25, 0.3) is 0 Å². The second kappa shape index (κ2) is 8.88. The number of hydrogen-bond donors (Lipinski definition) is 2. The molecule has 0 spiro atoms. The van der Waals surface area contributed by atoms with Gasteiger partial charge in [0.2, 0.25) is 11.8 Å². The van der Waals surface area contributed by atoms with Crippen LogP contribution >= 0.6 is 0 Å². The third-order valence-electron chi connectivity index (χ3n) is 6.19. The summed E-state index contributed by atoms with van der Waals surface area (Å²) in [5.74, 6) is -0.930. The average Bonchev–Trinajstić information content (AvgIpc) is 3.02. The van der Waals surface area contributed by atoms with Crippen molar-refractivity contribution in [1.82, 2.24) is 9.47 Å². The number of anilines is 1. The lowest BCUT2D eigenvalue weighted by Crippen LogP contribution is -2.51. The van der Waals surface area contributed by atoms with Gasteiger partial charge in [0, 0.05) is 17.9 Å². The molecule has 8 heteroatoms. The summed E-state index contributed by atoms with van der Waals surface area (Å²) < 4.78 is 15.2. The number of nitrogens with two attached hydrogens (primary N) is 1. The number of halogens is 1. The Morgan fingerprint density at radius 2 is 1.82 bits per heavy atom. The van der Waals surface area contributed by atoms with Crippen LogP contribution in [-0.2, 0) is 22.6 Å². The summed E-state index contributed by atoms with van der Waals surface area (Å²) in [5.41, 5.74) is 10.2. The number of amides is 2. The van der Waals surface area contributed by atoms with Crippen molar-refractivity contribution in [2.45, 2.75) is 32.9 Å². The fraction of sp³-hybridized carbons (Fsp3) is 0.240. The SMILES string of the molecule is Cc1c(C#N)c(NC(=O)CN2Cc3ccccc3C[C@@H]2C(N)=O)n(-c2ccc(F)cc2)c1C. The predicted octanol–water partition coefficient (Wildman–Crippen LogP) is 2.96. The van der Waals surface area contributed by atoms with E-state index in [1.54, 1.807) is 28.5 Å². The van der Waals surface area contributed by atoms with Gasteiger partial charge in [-0.25, -0.2) is 4.39 Å². The molecule has 1 aliphatic heterocycles. The predicted molar refractivity (Wildman–Crippen MR) is 122 cm³/mol. The number of nitrogens with zero attached hydrogens (tertiary/aromatic N) is 3. The fourth-order valence-electron chi connectivity index (χ4n) is 4.35. The molecule has 0 fully saturated rings. The summed E-state index contributed by atoms with van der Waals surface area (Å²) in [6.45, 7) is 3.98. The highest BCUT2D eigenvalue weighted by Crippen LogP contribution is 2.30. The molecule has 1 aromatic heterocycles. The van der Waals surface area contributed by atoms with E-state index < -0.39 is 11.9 Å². The first-order valence-corrected chi connectivity index (χ1v) is 10.6. The first-order chi connectivity index (χ1) is 15.8. The van der Waals surface area contributed by atoms with Crippen molar-refractivity contribution in [1.29, 1.82) is 5.26 Å². The van der Waals surface area contributed by atoms with Crippen LogP contribution in [0.2, 0.25) is 0 Å². The van der Waals surface area contributed by atoms with Crippen molar-refractivity contribution in [3.8, 4) is 11.8 Å². The maximum Gasteiger partial charge on any atom is 0.239 e. The van der Waals surface area contributed by atoms with Gasteiger partial charge < -0.3 is 11.1 Å². The number of carbonyl (C=O) groups is 2. The van der Waals surface area contributed by atoms with Crippen LogP contribution in [0.25, 0.3) is 5.69 Å². The number of fused-ring (bicyclic) bond motifs is 1. The number of primary amides is 1. The Kier molecular flexibility index (Phi) is 5.99. The van der Waals surface area contributed by atoms with Gasteiger partial charge in [0.05, 0.1) is 18.2 Å². The van der Waals surface area contributed by atoms with Crippen LogP contribution in [0.15, 0.2) is 48.5 Å². The van der Waals surface area contributed by atoms with Crippen LogP contribution in [0.1, 0.15) is 27.9 Å². The third kappa shape index (κ3) is 4.23. The molecule has 0 radical (unpaired) electrons. The smallest absolute Gasteiger partial charge is 0.239 e. The van der Waals surface area contributed by atoms with E-state index in [1.165, 1.54) is 12.1 Å². The molecule has 0 saturated heterocycles. The van der Waals surface area contributed by atoms with E-state index in [9.17, 15) is 19.2 Å². The molecule has 7 nitrogen and oxygen atoms in total. The number of aromatic nitrogens is 1. The summed E-state index contributed by atoms with van der Waals surface area (Å²) in [7, 11) is 0. The van der Waals surface area contributed by atoms with E-state index in [0.717, 1.165) is 22.4 Å². The molecule has 1 aliphatic rings. The normalized spacial score (nSPS) is 15.5. The molecule has 4 rings (SSSR count). The van der Waals surface area contributed by atoms with Gasteiger partial charge in [0.1, 0.15) is 17.7 Å². The van der Waals surface area contributed by atoms with Crippen LogP contribution in [0.3, 0.4) is 0 Å². The fourth-order valence-corrected chi connectivity index (χ4v) is 4.35. The van der Waals surface area contributed by atoms with E-state index in [0.29, 0.717) is 30.0 Å². The minimum atomic E-state index is -0.603. The van der Waals surface area contributed by atoms with Gasteiger partial charge in [0.15, 0.2) is 0 Å². The minimum absolute atomic E-state index is 0.0699. The van der Waals surface area contributed by atoms with Gasteiger partial charge in [-0.2, -0.15) is 5.26 Å². The highest BCUT2D eigenvalue weighted by Gasteiger charge is 2.31. The van der Waals surface area contributed by atoms with Crippen molar-refractivity contribution in [2.75, 3.05) is 11.9 Å². The van der Waals surface area contributed by atoms with E-state index in [2.05, 4.69) is 11.4 Å². The highest BCUT2D eigenvalue weighted by atomic mass is 19.1. The number of carbonyl (C=O) groups excluding carboxylic acids is 2. The molecule has 1 atom stereocenters. The minimum Gasteiger partial charge on any atom is -0.368 e. The second-order valence-corrected chi connectivity index (χ2v) is 8.20. The Balaban J connectivity index is 1.64. The quantitative estimate of drug-likeness (QED) is 0.630. The number of nitrogens with one attached hydrogen (secondary N) is 1. The van der Waals surface area contributed by atoms with Crippen molar-refractivity contribution in [2.24, 2.45) is 5.73 Å². The Hall–Kier alpha value is -3.96. The molecule has 3 aromatic rings. The second-order valence-electron chi connectivity index (χ2n) is 8.20. The number of rotatable bonds is 5. The van der Waals surface area contributed by atoms with Crippen LogP contribution < -0.4 is 11.1 Å². The third-order valence-corrected chi connectivity index (χ3v) is 6.19. The summed E-state index contributed by atoms with van der Waals surface area (Å²) in [5, 5.41) is 12.6. The molecule has 2 heterocycles. The monoisotopic (exact) mass is 445 g/mol. The van der Waals surface area contributed by atoms with E-state index >= 15 is 0 Å². The Labute approximate surface area is 191 Å². The van der Waals surface area contributed by atoms with Crippen molar-refractivity contribution in [3.05, 3.63) is 82.3 Å². The summed E-state index contributed by atoms with van der Waals surface area (Å²) in [6.07, 6.45) is 0.437. The largest absolute Gasteiger partial charge is 0.368 e. The van der Waals surface area contributed by atoms with Crippen LogP contribution in [0, 0.1) is 31.0 Å². The summed E-state index contributed by atoms with van der Waals surface area (Å²) >= 11 is 0. The van der Waals surface area contributed by atoms with Gasteiger partial charge in [-0.05, 0) is 61.2 Å². The Morgan fingerprint density at radius 1 is 1.15 bits per heavy atom. The molecule has 0 aliphatic carbocycles. The molecule has 3 N–H and O–H groups in total. The maximum atomic E-state index is 13.5. The Bertz CT molecular complexity index is 1270. The Morgan fingerprint density at radius 3 is 2.45 bits per heavy atom. The molecule has 0 bridgehead atoms. The average molecular weight is 445 g/mol. The van der Waals surface area contributed by atoms with Gasteiger partial charge in [-0.1, -0.05) is 24.3 Å². The lowest BCUT2D eigenvalue weighted by molar-refractivity contribution is -0.125. The number of hydrogen-bond acceptors (Lipinski definition) is 4. The number of nitriles is 1. The zero-order chi connectivity index (χ0) is 23.7. The standard InChI is InChI=1S/C25H24FN5O2/c1-15-16(2)31(20-9-7-19(26)8-10-20)25(21(15)12-27)29-23(32)14-30-13-18-6-4-3-5-17(18)11-22(30)24(28)33/h3-10,22H,11,13-14H2,1-2H3,(H2,28,33)(H,29,32)/t22-/m1/s1. The van der Waals surface area contributed by atoms with Crippen LogP contribution in [-0.4, -0.2) is 33.9 Å². The van der Waals surface area contributed by atoms with E-state index in [4.69, 9.17) is 5.73 Å². The number of benzene rings is 2. The van der Waals surface area contributed by atoms with E-state index in [-0.39, 0.29) is 18.3 Å². The zero-order valence-electron chi connectivity index (χ0n) is 18.4. The summed E-state index contributed by atoms with van der Waals surface area (Å²) in [4.78, 5) is 26.9. The molecule has 33 heavy (non-hydrogen) atoms. The molecule has 0 saturated carbocycles. The zero-order valence-corrected chi connectivity index (χ0v) is 18.4. The van der Waals surface area contributed by atoms with Gasteiger partial charge in [-0.15, -0.1) is 0 Å². The van der Waals surface area contributed by atoms with Crippen LogP contribution in [0.4, 0.5) is 10.2 Å². The summed E-state index contributed by atoms with van der Waals surface area (Å²) in [6, 6.07) is 15.1. The first-order valence-electron chi connectivity index (χ1n) is 10.6. The van der Waals surface area contributed by atoms with Crippen molar-refractivity contribution >= 4 is 17.6 Å².